The first-order chi connectivity index (χ1) is 12.5. The molecule has 0 unspecified atom stereocenters. The number of halogens is 1. The predicted octanol–water partition coefficient (Wildman–Crippen LogP) is 3.02. The zero-order valence-electron chi connectivity index (χ0n) is 14.5. The van der Waals surface area contributed by atoms with Crippen LogP contribution in [0.1, 0.15) is 23.6 Å². The Morgan fingerprint density at radius 2 is 1.88 bits per heavy atom. The van der Waals surface area contributed by atoms with E-state index in [1.807, 2.05) is 54.6 Å². The van der Waals surface area contributed by atoms with Crippen molar-refractivity contribution in [1.29, 1.82) is 0 Å². The molecule has 2 aromatic carbocycles. The standard InChI is InChI=1S/C20H23BrN2O3/c21-17-8-6-15(7-9-17)12-20(25)23(26)19(16-4-2-1-3-5-16)14-22-11-10-18(24)13-22/h1-9,18-19,24,26H,10-14H2/t18-,19+/m0/s1. The number of β-amino-alcohol motifs (C(OH)–C–C–N with tert-alkyl or cyclic N) is 1. The highest BCUT2D eigenvalue weighted by Crippen LogP contribution is 2.24. The van der Waals surface area contributed by atoms with Crippen molar-refractivity contribution in [3.63, 3.8) is 0 Å². The highest BCUT2D eigenvalue weighted by atomic mass is 79.9. The summed E-state index contributed by atoms with van der Waals surface area (Å²) in [5.74, 6) is -0.346. The van der Waals surface area contributed by atoms with E-state index in [4.69, 9.17) is 0 Å². The first-order valence-electron chi connectivity index (χ1n) is 8.73. The Kier molecular flexibility index (Phi) is 6.43. The minimum absolute atomic E-state index is 0.135. The van der Waals surface area contributed by atoms with Crippen molar-refractivity contribution in [2.24, 2.45) is 0 Å². The number of amides is 1. The lowest BCUT2D eigenvalue weighted by Gasteiger charge is -2.30. The fourth-order valence-electron chi connectivity index (χ4n) is 3.25. The van der Waals surface area contributed by atoms with Crippen LogP contribution in [-0.4, -0.2) is 51.9 Å². The second-order valence-electron chi connectivity index (χ2n) is 6.67. The average molecular weight is 419 g/mol. The molecule has 0 bridgehead atoms. The van der Waals surface area contributed by atoms with Gasteiger partial charge in [-0.05, 0) is 29.7 Å². The van der Waals surface area contributed by atoms with Gasteiger partial charge in [-0.15, -0.1) is 0 Å². The van der Waals surface area contributed by atoms with Gasteiger partial charge in [-0.2, -0.15) is 0 Å². The molecule has 3 rings (SSSR count). The smallest absolute Gasteiger partial charge is 0.250 e. The van der Waals surface area contributed by atoms with Gasteiger partial charge in [0.2, 0.25) is 0 Å². The monoisotopic (exact) mass is 418 g/mol. The third-order valence-electron chi connectivity index (χ3n) is 4.68. The molecule has 2 atom stereocenters. The maximum absolute atomic E-state index is 12.6. The van der Waals surface area contributed by atoms with Gasteiger partial charge < -0.3 is 5.11 Å². The van der Waals surface area contributed by atoms with Crippen LogP contribution in [0.5, 0.6) is 0 Å². The zero-order chi connectivity index (χ0) is 18.5. The topological polar surface area (TPSA) is 64.0 Å². The normalized spacial score (nSPS) is 18.7. The summed E-state index contributed by atoms with van der Waals surface area (Å²) in [7, 11) is 0. The van der Waals surface area contributed by atoms with Crippen LogP contribution in [-0.2, 0) is 11.2 Å². The van der Waals surface area contributed by atoms with Gasteiger partial charge in [0.1, 0.15) is 0 Å². The van der Waals surface area contributed by atoms with Gasteiger partial charge in [-0.1, -0.05) is 58.4 Å². The number of aliphatic hydroxyl groups excluding tert-OH is 1. The van der Waals surface area contributed by atoms with E-state index >= 15 is 0 Å². The number of hydrogen-bond acceptors (Lipinski definition) is 4. The van der Waals surface area contributed by atoms with Gasteiger partial charge >= 0.3 is 0 Å². The summed E-state index contributed by atoms with van der Waals surface area (Å²) in [4.78, 5) is 14.7. The van der Waals surface area contributed by atoms with Gasteiger partial charge in [0, 0.05) is 24.1 Å². The third kappa shape index (κ3) is 4.92. The summed E-state index contributed by atoms with van der Waals surface area (Å²) in [6.45, 7) is 1.82. The maximum atomic E-state index is 12.6. The van der Waals surface area contributed by atoms with Gasteiger partial charge in [0.05, 0.1) is 18.6 Å². The molecular formula is C20H23BrN2O3. The van der Waals surface area contributed by atoms with Crippen LogP contribution in [0.4, 0.5) is 0 Å². The number of carbonyl (C=O) groups is 1. The molecule has 0 spiro atoms. The maximum Gasteiger partial charge on any atom is 0.250 e. The molecule has 1 aliphatic heterocycles. The number of benzene rings is 2. The number of carbonyl (C=O) groups excluding carboxylic acids is 1. The number of hydroxylamine groups is 2. The Morgan fingerprint density at radius 3 is 2.50 bits per heavy atom. The second-order valence-corrected chi connectivity index (χ2v) is 7.59. The fraction of sp³-hybridized carbons (Fsp3) is 0.350. The van der Waals surface area contributed by atoms with Crippen LogP contribution in [0.2, 0.25) is 0 Å². The summed E-state index contributed by atoms with van der Waals surface area (Å²) in [6.07, 6.45) is 0.521. The number of likely N-dealkylation sites (tertiary alicyclic amines) is 1. The SMILES string of the molecule is O=C(Cc1ccc(Br)cc1)N(O)[C@H](CN1CC[C@H](O)C1)c1ccccc1. The Hall–Kier alpha value is -1.73. The number of rotatable bonds is 6. The van der Waals surface area contributed by atoms with Crippen molar-refractivity contribution in [1.82, 2.24) is 9.96 Å². The van der Waals surface area contributed by atoms with E-state index in [-0.39, 0.29) is 18.4 Å². The van der Waals surface area contributed by atoms with Gasteiger partial charge in [-0.25, -0.2) is 5.06 Å². The highest BCUT2D eigenvalue weighted by Gasteiger charge is 2.29. The van der Waals surface area contributed by atoms with Crippen molar-refractivity contribution in [3.8, 4) is 0 Å². The Balaban J connectivity index is 1.74. The van der Waals surface area contributed by atoms with E-state index in [1.54, 1.807) is 0 Å². The first kappa shape index (κ1) is 19.0. The van der Waals surface area contributed by atoms with Crippen LogP contribution >= 0.6 is 15.9 Å². The van der Waals surface area contributed by atoms with Crippen LogP contribution in [0.25, 0.3) is 0 Å². The van der Waals surface area contributed by atoms with Crippen molar-refractivity contribution < 1.29 is 15.1 Å². The molecule has 1 fully saturated rings. The van der Waals surface area contributed by atoms with Gasteiger partial charge in [-0.3, -0.25) is 14.9 Å². The molecule has 2 aromatic rings. The summed E-state index contributed by atoms with van der Waals surface area (Å²) in [6, 6.07) is 16.5. The zero-order valence-corrected chi connectivity index (χ0v) is 16.0. The summed E-state index contributed by atoms with van der Waals surface area (Å²) < 4.78 is 0.948. The molecule has 0 saturated carbocycles. The molecule has 6 heteroatoms. The molecule has 2 N–H and O–H groups in total. The molecule has 1 aliphatic rings. The Morgan fingerprint density at radius 1 is 1.19 bits per heavy atom. The lowest BCUT2D eigenvalue weighted by Crippen LogP contribution is -2.40. The summed E-state index contributed by atoms with van der Waals surface area (Å²) >= 11 is 3.38. The molecule has 1 heterocycles. The van der Waals surface area contributed by atoms with Crippen molar-refractivity contribution in [2.75, 3.05) is 19.6 Å². The van der Waals surface area contributed by atoms with Crippen LogP contribution in [0, 0.1) is 0 Å². The molecule has 26 heavy (non-hydrogen) atoms. The van der Waals surface area contributed by atoms with Crippen LogP contribution in [0.15, 0.2) is 59.1 Å². The van der Waals surface area contributed by atoms with Gasteiger partial charge in [0.25, 0.3) is 5.91 Å². The fourth-order valence-corrected chi connectivity index (χ4v) is 3.52. The van der Waals surface area contributed by atoms with E-state index < -0.39 is 6.04 Å². The first-order valence-corrected chi connectivity index (χ1v) is 9.53. The van der Waals surface area contributed by atoms with Crippen molar-refractivity contribution in [2.45, 2.75) is 25.0 Å². The van der Waals surface area contributed by atoms with Crippen molar-refractivity contribution in [3.05, 3.63) is 70.2 Å². The number of hydrogen-bond donors (Lipinski definition) is 2. The summed E-state index contributed by atoms with van der Waals surface area (Å²) in [5, 5.41) is 21.3. The molecule has 138 valence electrons. The molecule has 5 nitrogen and oxygen atoms in total. The van der Waals surface area contributed by atoms with Crippen LogP contribution in [0.3, 0.4) is 0 Å². The third-order valence-corrected chi connectivity index (χ3v) is 5.21. The largest absolute Gasteiger partial charge is 0.392 e. The lowest BCUT2D eigenvalue weighted by atomic mass is 10.0. The quantitative estimate of drug-likeness (QED) is 0.558. The molecule has 1 amide bonds. The average Bonchev–Trinajstić information content (AvgIpc) is 3.07. The number of aliphatic hydroxyl groups is 1. The van der Waals surface area contributed by atoms with E-state index in [9.17, 15) is 15.1 Å². The predicted molar refractivity (Wildman–Crippen MR) is 103 cm³/mol. The highest BCUT2D eigenvalue weighted by molar-refractivity contribution is 9.10. The lowest BCUT2D eigenvalue weighted by molar-refractivity contribution is -0.177. The Labute approximate surface area is 161 Å². The Bertz CT molecular complexity index is 724. The van der Waals surface area contributed by atoms with E-state index in [0.29, 0.717) is 13.1 Å². The minimum Gasteiger partial charge on any atom is -0.392 e. The molecule has 0 radical (unpaired) electrons. The van der Waals surface area contributed by atoms with Crippen molar-refractivity contribution >= 4 is 21.8 Å². The molecular weight excluding hydrogens is 396 g/mol. The van der Waals surface area contributed by atoms with Gasteiger partial charge in [0.15, 0.2) is 0 Å². The van der Waals surface area contributed by atoms with E-state index in [2.05, 4.69) is 20.8 Å². The second kappa shape index (κ2) is 8.77. The number of nitrogens with zero attached hydrogens (tertiary/aromatic N) is 2. The van der Waals surface area contributed by atoms with E-state index in [0.717, 1.165) is 33.6 Å². The molecule has 0 aliphatic carbocycles. The molecule has 1 saturated heterocycles. The van der Waals surface area contributed by atoms with Crippen LogP contribution < -0.4 is 0 Å². The molecule has 0 aromatic heterocycles. The minimum atomic E-state index is -0.468. The van der Waals surface area contributed by atoms with E-state index in [1.165, 1.54) is 0 Å². The summed E-state index contributed by atoms with van der Waals surface area (Å²) in [5.41, 5.74) is 1.72.